The number of unbranched alkanes of at least 4 members (excludes halogenated alkanes) is 1. The van der Waals surface area contributed by atoms with Crippen molar-refractivity contribution in [2.75, 3.05) is 13.2 Å². The number of rotatable bonds is 11. The van der Waals surface area contributed by atoms with Crippen LogP contribution in [0, 0.1) is 6.92 Å². The molecule has 3 aromatic rings. The Balaban J connectivity index is 1.90. The van der Waals surface area contributed by atoms with Crippen LogP contribution in [0.5, 0.6) is 5.75 Å². The molecule has 11 heteroatoms. The molecule has 0 unspecified atom stereocenters. The zero-order valence-corrected chi connectivity index (χ0v) is 20.5. The van der Waals surface area contributed by atoms with Gasteiger partial charge in [0.2, 0.25) is 0 Å². The lowest BCUT2D eigenvalue weighted by atomic mass is 10.2. The quantitative estimate of drug-likeness (QED) is 0.316. The summed E-state index contributed by atoms with van der Waals surface area (Å²) in [5.41, 5.74) is 2.14. The molecule has 2 N–H and O–H groups in total. The van der Waals surface area contributed by atoms with Crippen molar-refractivity contribution in [3.05, 3.63) is 47.8 Å². The molecule has 3 rings (SSSR count). The Morgan fingerprint density at radius 1 is 1.24 bits per heavy atom. The number of carbonyl (C=O) groups is 2. The summed E-state index contributed by atoms with van der Waals surface area (Å²) in [5.74, 6) is 0.393. The van der Waals surface area contributed by atoms with E-state index in [1.165, 1.54) is 19.1 Å². The fourth-order valence-corrected chi connectivity index (χ4v) is 4.27. The number of hydrogen-bond donors (Lipinski definition) is 2. The number of hydrogen-bond acceptors (Lipinski definition) is 6. The highest BCUT2D eigenvalue weighted by atomic mass is 32.2. The van der Waals surface area contributed by atoms with E-state index in [0.717, 1.165) is 17.3 Å². The van der Waals surface area contributed by atoms with Crippen molar-refractivity contribution in [2.45, 2.75) is 33.6 Å². The Morgan fingerprint density at radius 2 is 2.00 bits per heavy atom. The van der Waals surface area contributed by atoms with Crippen LogP contribution in [0.15, 0.2) is 36.5 Å². The molecule has 0 aliphatic heterocycles. The van der Waals surface area contributed by atoms with Gasteiger partial charge in [-0.25, -0.2) is 4.72 Å². The van der Waals surface area contributed by atoms with Gasteiger partial charge in [-0.3, -0.25) is 14.3 Å². The number of amides is 1. The maximum Gasteiger partial charge on any atom is 0.301 e. The highest BCUT2D eigenvalue weighted by Gasteiger charge is 2.17. The van der Waals surface area contributed by atoms with Gasteiger partial charge >= 0.3 is 10.2 Å². The molecule has 2 heterocycles. The van der Waals surface area contributed by atoms with Crippen LogP contribution in [-0.4, -0.2) is 47.6 Å². The molecule has 182 valence electrons. The van der Waals surface area contributed by atoms with E-state index in [1.807, 2.05) is 40.6 Å². The summed E-state index contributed by atoms with van der Waals surface area (Å²) in [6.45, 7) is 5.44. The zero-order chi connectivity index (χ0) is 24.9. The van der Waals surface area contributed by atoms with Gasteiger partial charge < -0.3 is 9.30 Å². The third kappa shape index (κ3) is 6.12. The molecular formula is C23H29N5O5S. The lowest BCUT2D eigenvalue weighted by Gasteiger charge is -2.10. The monoisotopic (exact) mass is 487 g/mol. The molecule has 10 nitrogen and oxygen atoms in total. The second-order valence-electron chi connectivity index (χ2n) is 7.89. The predicted octanol–water partition coefficient (Wildman–Crippen LogP) is 2.40. The van der Waals surface area contributed by atoms with Gasteiger partial charge in [0.15, 0.2) is 5.78 Å². The topological polar surface area (TPSA) is 124 Å². The number of ether oxygens (including phenoxy) is 1. The van der Waals surface area contributed by atoms with Crippen LogP contribution in [0.3, 0.4) is 0 Å². The van der Waals surface area contributed by atoms with Crippen molar-refractivity contribution in [3.8, 4) is 11.6 Å². The van der Waals surface area contributed by atoms with Crippen molar-refractivity contribution < 1.29 is 22.7 Å². The van der Waals surface area contributed by atoms with Gasteiger partial charge in [-0.05, 0) is 44.5 Å². The van der Waals surface area contributed by atoms with Crippen molar-refractivity contribution in [1.82, 2.24) is 23.8 Å². The number of fused-ring (bicyclic) bond motifs is 1. The number of aryl methyl sites for hydroxylation is 2. The van der Waals surface area contributed by atoms with Crippen LogP contribution < -0.4 is 14.2 Å². The first-order chi connectivity index (χ1) is 16.1. The zero-order valence-electron chi connectivity index (χ0n) is 19.7. The molecule has 0 spiro atoms. The summed E-state index contributed by atoms with van der Waals surface area (Å²) in [4.78, 5) is 23.5. The van der Waals surface area contributed by atoms with E-state index in [0.29, 0.717) is 29.2 Å². The van der Waals surface area contributed by atoms with Crippen molar-refractivity contribution in [3.63, 3.8) is 0 Å². The normalized spacial score (nSPS) is 11.9. The lowest BCUT2D eigenvalue weighted by molar-refractivity contribution is -0.119. The fraction of sp³-hybridized carbons (Fsp3) is 0.348. The standard InChI is InChI=1S/C23H29N5O5S/c1-5-6-12-24-34(31,32)26-22(30)10-9-20-17(3)25-27(4)23(20)28-13-11-18-7-8-19(14-21(18)28)33-15-16(2)29/h7-11,13-14,24H,5-6,12,15H2,1-4H3,(H,26,30). The summed E-state index contributed by atoms with van der Waals surface area (Å²) >= 11 is 0. The van der Waals surface area contributed by atoms with E-state index in [-0.39, 0.29) is 18.9 Å². The van der Waals surface area contributed by atoms with Gasteiger partial charge in [-0.2, -0.15) is 18.2 Å². The van der Waals surface area contributed by atoms with Crippen molar-refractivity contribution in [1.29, 1.82) is 0 Å². The largest absolute Gasteiger partial charge is 0.486 e. The Kier molecular flexibility index (Phi) is 7.90. The van der Waals surface area contributed by atoms with Gasteiger partial charge in [0.05, 0.1) is 11.2 Å². The molecule has 2 aromatic heterocycles. The van der Waals surface area contributed by atoms with E-state index in [4.69, 9.17) is 4.74 Å². The Hall–Kier alpha value is -3.44. The Labute approximate surface area is 198 Å². The molecule has 0 aliphatic carbocycles. The van der Waals surface area contributed by atoms with Crippen molar-refractivity contribution >= 4 is 38.9 Å². The van der Waals surface area contributed by atoms with E-state index in [1.54, 1.807) is 24.7 Å². The molecule has 0 radical (unpaired) electrons. The second-order valence-corrected chi connectivity index (χ2v) is 9.39. The first-order valence-corrected chi connectivity index (χ1v) is 12.4. The molecule has 0 fully saturated rings. The molecule has 1 aromatic carbocycles. The van der Waals surface area contributed by atoms with Gasteiger partial charge in [-0.15, -0.1) is 0 Å². The smallest absolute Gasteiger partial charge is 0.301 e. The van der Waals surface area contributed by atoms with Crippen LogP contribution in [0.4, 0.5) is 0 Å². The fourth-order valence-electron chi connectivity index (χ4n) is 3.46. The third-order valence-electron chi connectivity index (χ3n) is 5.03. The summed E-state index contributed by atoms with van der Waals surface area (Å²) < 4.78 is 37.4. The third-order valence-corrected chi connectivity index (χ3v) is 6.08. The minimum Gasteiger partial charge on any atom is -0.486 e. The van der Waals surface area contributed by atoms with Crippen LogP contribution in [-0.2, 0) is 26.8 Å². The van der Waals surface area contributed by atoms with Crippen LogP contribution >= 0.6 is 0 Å². The van der Waals surface area contributed by atoms with E-state index < -0.39 is 16.1 Å². The molecule has 0 saturated heterocycles. The van der Waals surface area contributed by atoms with Crippen LogP contribution in [0.2, 0.25) is 0 Å². The average molecular weight is 488 g/mol. The van der Waals surface area contributed by atoms with Crippen molar-refractivity contribution in [2.24, 2.45) is 7.05 Å². The summed E-state index contributed by atoms with van der Waals surface area (Å²) in [5, 5.41) is 5.41. The number of nitrogens with one attached hydrogen (secondary N) is 2. The lowest BCUT2D eigenvalue weighted by Crippen LogP contribution is -2.39. The Morgan fingerprint density at radius 3 is 2.71 bits per heavy atom. The molecule has 34 heavy (non-hydrogen) atoms. The molecular weight excluding hydrogens is 458 g/mol. The maximum atomic E-state index is 12.3. The predicted molar refractivity (Wildman–Crippen MR) is 130 cm³/mol. The molecule has 0 saturated carbocycles. The number of nitrogens with zero attached hydrogens (tertiary/aromatic N) is 3. The molecule has 1 amide bonds. The van der Waals surface area contributed by atoms with Crippen LogP contribution in [0.25, 0.3) is 22.8 Å². The average Bonchev–Trinajstić information content (AvgIpc) is 3.29. The van der Waals surface area contributed by atoms with E-state index >= 15 is 0 Å². The van der Waals surface area contributed by atoms with Gasteiger partial charge in [0.1, 0.15) is 18.2 Å². The first-order valence-electron chi connectivity index (χ1n) is 10.9. The summed E-state index contributed by atoms with van der Waals surface area (Å²) in [6.07, 6.45) is 6.08. The van der Waals surface area contributed by atoms with E-state index in [2.05, 4.69) is 9.82 Å². The number of ketones is 1. The first kappa shape index (κ1) is 25.2. The molecule has 0 bridgehead atoms. The summed E-state index contributed by atoms with van der Waals surface area (Å²) in [7, 11) is -2.14. The SMILES string of the molecule is CCCCNS(=O)(=O)NC(=O)C=Cc1c(C)nn(C)c1-n1ccc2ccc(OCC(C)=O)cc21. The number of Topliss-reactive ketones (excluding diaryl/α,β-unsaturated/α-hetero) is 1. The van der Waals surface area contributed by atoms with E-state index in [9.17, 15) is 18.0 Å². The van der Waals surface area contributed by atoms with Gasteiger partial charge in [0.25, 0.3) is 5.91 Å². The van der Waals surface area contributed by atoms with Gasteiger partial charge in [-0.1, -0.05) is 13.3 Å². The molecule has 0 aliphatic rings. The Bertz CT molecular complexity index is 1340. The number of benzene rings is 1. The highest BCUT2D eigenvalue weighted by molar-refractivity contribution is 7.88. The summed E-state index contributed by atoms with van der Waals surface area (Å²) in [6, 6.07) is 7.45. The maximum absolute atomic E-state index is 12.3. The minimum absolute atomic E-state index is 0.0175. The number of carbonyl (C=O) groups excluding carboxylic acids is 2. The second kappa shape index (κ2) is 10.7. The van der Waals surface area contributed by atoms with Gasteiger partial charge in [0, 0.05) is 42.9 Å². The highest BCUT2D eigenvalue weighted by Crippen LogP contribution is 2.28. The van der Waals surface area contributed by atoms with Crippen LogP contribution in [0.1, 0.15) is 37.9 Å². The molecule has 0 atom stereocenters. The minimum atomic E-state index is -3.93. The number of aromatic nitrogens is 3.